The van der Waals surface area contributed by atoms with Gasteiger partial charge in [-0.1, -0.05) is 122 Å². The topological polar surface area (TPSA) is 56.8 Å². The highest BCUT2D eigenvalue weighted by atomic mass is 28.4. The van der Waals surface area contributed by atoms with Crippen molar-refractivity contribution in [2.24, 2.45) is 0 Å². The van der Waals surface area contributed by atoms with Crippen LogP contribution in [0.25, 0.3) is 0 Å². The first-order valence-corrected chi connectivity index (χ1v) is 18.3. The molecule has 0 aromatic heterocycles. The fourth-order valence-electron chi connectivity index (χ4n) is 4.99. The largest absolute Gasteiger partial charge is 0.500 e. The molecule has 0 radical (unpaired) electrons. The van der Waals surface area contributed by atoms with Crippen LogP contribution < -0.4 is 5.32 Å². The van der Waals surface area contributed by atoms with Crippen molar-refractivity contribution in [1.82, 2.24) is 5.32 Å². The molecule has 0 heterocycles. The van der Waals surface area contributed by atoms with Gasteiger partial charge in [-0.05, 0) is 33.6 Å². The number of hydrogen-bond donors (Lipinski definition) is 1. The van der Waals surface area contributed by atoms with Gasteiger partial charge in [-0.25, -0.2) is 0 Å². The molecule has 0 aliphatic heterocycles. The third kappa shape index (κ3) is 24.4. The molecule has 0 saturated carbocycles. The maximum Gasteiger partial charge on any atom is 0.500 e. The lowest BCUT2D eigenvalue weighted by Gasteiger charge is -2.28. The van der Waals surface area contributed by atoms with E-state index in [0.29, 0.717) is 32.8 Å². The molecular weight excluding hydrogens is 478 g/mol. The predicted octanol–water partition coefficient (Wildman–Crippen LogP) is 9.36. The fraction of sp³-hybridized carbons (Fsp3) is 0.968. The first-order valence-electron chi connectivity index (χ1n) is 16.3. The molecule has 0 rings (SSSR count). The molecule has 0 aromatic rings. The number of unbranched alkanes of at least 4 members (excludes halogenated alkanes) is 18. The van der Waals surface area contributed by atoms with Gasteiger partial charge in [0.05, 0.1) is 0 Å². The smallest absolute Gasteiger partial charge is 0.374 e. The minimum Gasteiger partial charge on any atom is -0.374 e. The molecule has 222 valence electrons. The normalized spacial score (nSPS) is 11.8. The molecule has 0 aromatic carbocycles. The van der Waals surface area contributed by atoms with Crippen LogP contribution in [0.2, 0.25) is 6.04 Å². The third-order valence-electron chi connectivity index (χ3n) is 7.08. The van der Waals surface area contributed by atoms with E-state index >= 15 is 0 Å². The molecule has 1 amide bonds. The van der Waals surface area contributed by atoms with Crippen LogP contribution in [0.3, 0.4) is 0 Å². The Labute approximate surface area is 232 Å². The Morgan fingerprint density at radius 3 is 1.22 bits per heavy atom. The van der Waals surface area contributed by atoms with Crippen LogP contribution in [0.4, 0.5) is 0 Å². The Hall–Kier alpha value is -0.433. The summed E-state index contributed by atoms with van der Waals surface area (Å²) in [5.41, 5.74) is 0. The number of rotatable bonds is 30. The van der Waals surface area contributed by atoms with Crippen LogP contribution in [0, 0.1) is 0 Å². The lowest BCUT2D eigenvalue weighted by molar-refractivity contribution is -0.121. The zero-order valence-electron chi connectivity index (χ0n) is 25.5. The van der Waals surface area contributed by atoms with E-state index in [0.717, 1.165) is 18.9 Å². The molecule has 0 aliphatic rings. The highest BCUT2D eigenvalue weighted by Crippen LogP contribution is 2.18. The summed E-state index contributed by atoms with van der Waals surface area (Å²) in [6.45, 7) is 10.7. The lowest BCUT2D eigenvalue weighted by atomic mass is 10.0. The predicted molar refractivity (Wildman–Crippen MR) is 161 cm³/mol. The molecule has 1 N–H and O–H groups in total. The minimum absolute atomic E-state index is 0.170. The van der Waals surface area contributed by atoms with E-state index in [1.54, 1.807) is 0 Å². The molecule has 0 aliphatic carbocycles. The number of hydrogen-bond acceptors (Lipinski definition) is 4. The monoisotopic (exact) mass is 543 g/mol. The highest BCUT2D eigenvalue weighted by Gasteiger charge is 2.39. The van der Waals surface area contributed by atoms with E-state index in [1.807, 2.05) is 20.8 Å². The highest BCUT2D eigenvalue weighted by molar-refractivity contribution is 6.60. The van der Waals surface area contributed by atoms with E-state index < -0.39 is 8.80 Å². The first kappa shape index (κ1) is 36.6. The van der Waals surface area contributed by atoms with Crippen molar-refractivity contribution in [2.45, 2.75) is 169 Å². The van der Waals surface area contributed by atoms with Gasteiger partial charge in [0.1, 0.15) is 0 Å². The summed E-state index contributed by atoms with van der Waals surface area (Å²) in [5, 5.41) is 3.06. The van der Waals surface area contributed by atoms with Gasteiger partial charge in [0.15, 0.2) is 0 Å². The van der Waals surface area contributed by atoms with E-state index in [-0.39, 0.29) is 5.91 Å². The van der Waals surface area contributed by atoms with Crippen LogP contribution >= 0.6 is 0 Å². The Kier molecular flexibility index (Phi) is 28.2. The van der Waals surface area contributed by atoms with Gasteiger partial charge < -0.3 is 18.6 Å². The van der Waals surface area contributed by atoms with Crippen molar-refractivity contribution < 1.29 is 18.1 Å². The molecule has 6 heteroatoms. The fourth-order valence-corrected chi connectivity index (χ4v) is 7.60. The van der Waals surface area contributed by atoms with E-state index in [1.165, 1.54) is 116 Å². The quantitative estimate of drug-likeness (QED) is 0.0724. The molecule has 0 fully saturated rings. The molecule has 0 bridgehead atoms. The maximum absolute atomic E-state index is 12.1. The second kappa shape index (κ2) is 28.6. The van der Waals surface area contributed by atoms with Gasteiger partial charge in [0.2, 0.25) is 5.91 Å². The van der Waals surface area contributed by atoms with Crippen molar-refractivity contribution in [2.75, 3.05) is 26.4 Å². The Bertz CT molecular complexity index is 461. The van der Waals surface area contributed by atoms with Crippen molar-refractivity contribution >= 4 is 14.7 Å². The first-order chi connectivity index (χ1) is 18.1. The summed E-state index contributed by atoms with van der Waals surface area (Å²) in [4.78, 5) is 12.1. The van der Waals surface area contributed by atoms with Gasteiger partial charge in [0, 0.05) is 38.8 Å². The van der Waals surface area contributed by atoms with E-state index in [4.69, 9.17) is 13.3 Å². The zero-order valence-corrected chi connectivity index (χ0v) is 26.5. The average molecular weight is 544 g/mol. The van der Waals surface area contributed by atoms with Crippen LogP contribution in [-0.2, 0) is 18.1 Å². The molecule has 0 saturated heterocycles. The summed E-state index contributed by atoms with van der Waals surface area (Å²) in [5.74, 6) is 0.170. The van der Waals surface area contributed by atoms with Crippen LogP contribution in [0.15, 0.2) is 0 Å². The summed E-state index contributed by atoms with van der Waals surface area (Å²) in [6, 6.07) is 0.752. The van der Waals surface area contributed by atoms with E-state index in [9.17, 15) is 4.79 Å². The molecule has 0 spiro atoms. The van der Waals surface area contributed by atoms with Crippen LogP contribution in [0.5, 0.6) is 0 Å². The average Bonchev–Trinajstić information content (AvgIpc) is 2.88. The molecular formula is C31H65NO4Si. The van der Waals surface area contributed by atoms with Gasteiger partial charge in [-0.2, -0.15) is 0 Å². The Balaban J connectivity index is 3.44. The standard InChI is InChI=1S/C31H65NO4Si/c1-5-9-10-11-12-13-14-15-16-17-18-19-20-21-22-23-24-25-26-28-31(33)32-29-27-30-37(34-6-2,35-7-3)36-8-4/h5-30H2,1-4H3,(H,32,33). The summed E-state index contributed by atoms with van der Waals surface area (Å²) < 4.78 is 17.6. The SMILES string of the molecule is CCCCCCCCCCCCCCCCCCCCCC(=O)NCCC[Si](OCC)(OCC)OCC. The Morgan fingerprint density at radius 1 is 0.514 bits per heavy atom. The van der Waals surface area contributed by atoms with Gasteiger partial charge in [0.25, 0.3) is 0 Å². The number of amides is 1. The zero-order chi connectivity index (χ0) is 27.3. The summed E-state index contributed by atoms with van der Waals surface area (Å²) >= 11 is 0. The molecule has 0 unspecified atom stereocenters. The van der Waals surface area contributed by atoms with Gasteiger partial charge in [-0.3, -0.25) is 4.79 Å². The summed E-state index contributed by atoms with van der Waals surface area (Å²) in [7, 11) is -2.59. The maximum atomic E-state index is 12.1. The molecule has 0 atom stereocenters. The van der Waals surface area contributed by atoms with Crippen LogP contribution in [0.1, 0.15) is 163 Å². The number of nitrogens with one attached hydrogen (secondary N) is 1. The second-order valence-electron chi connectivity index (χ2n) is 10.5. The minimum atomic E-state index is -2.59. The summed E-state index contributed by atoms with van der Waals surface area (Å²) in [6.07, 6.45) is 27.6. The molecule has 37 heavy (non-hydrogen) atoms. The van der Waals surface area contributed by atoms with Crippen molar-refractivity contribution in [3.63, 3.8) is 0 Å². The van der Waals surface area contributed by atoms with Crippen molar-refractivity contribution in [3.8, 4) is 0 Å². The van der Waals surface area contributed by atoms with E-state index in [2.05, 4.69) is 12.2 Å². The van der Waals surface area contributed by atoms with Gasteiger partial charge in [-0.15, -0.1) is 0 Å². The van der Waals surface area contributed by atoms with Gasteiger partial charge >= 0.3 is 8.80 Å². The third-order valence-corrected chi connectivity index (χ3v) is 10.2. The lowest BCUT2D eigenvalue weighted by Crippen LogP contribution is -2.46. The number of carbonyl (C=O) groups excluding carboxylic acids is 1. The number of carbonyl (C=O) groups is 1. The second-order valence-corrected chi connectivity index (χ2v) is 13.3. The Morgan fingerprint density at radius 2 is 0.865 bits per heavy atom. The molecule has 5 nitrogen and oxygen atoms in total. The van der Waals surface area contributed by atoms with Crippen molar-refractivity contribution in [3.05, 3.63) is 0 Å². The van der Waals surface area contributed by atoms with Crippen LogP contribution in [-0.4, -0.2) is 41.1 Å². The van der Waals surface area contributed by atoms with Crippen molar-refractivity contribution in [1.29, 1.82) is 0 Å².